The number of hydrogen-bond acceptors (Lipinski definition) is 4. The normalized spacial score (nSPS) is 10.9. The number of rotatable bonds is 5. The van der Waals surface area contributed by atoms with Crippen LogP contribution in [0.2, 0.25) is 0 Å². The van der Waals surface area contributed by atoms with Gasteiger partial charge in [-0.1, -0.05) is 12.2 Å². The van der Waals surface area contributed by atoms with Gasteiger partial charge in [0.25, 0.3) is 5.56 Å². The highest BCUT2D eigenvalue weighted by Crippen LogP contribution is 2.05. The summed E-state index contributed by atoms with van der Waals surface area (Å²) in [7, 11) is 1.93. The topological polar surface area (TPSA) is 38.1 Å². The van der Waals surface area contributed by atoms with Gasteiger partial charge in [-0.05, 0) is 6.92 Å². The van der Waals surface area contributed by atoms with Crippen LogP contribution in [0.5, 0.6) is 0 Å². The third-order valence-electron chi connectivity index (χ3n) is 2.32. The molecule has 16 heavy (non-hydrogen) atoms. The van der Waals surface area contributed by atoms with Crippen molar-refractivity contribution in [2.75, 3.05) is 24.2 Å². The van der Waals surface area contributed by atoms with E-state index in [1.165, 1.54) is 4.68 Å². The zero-order valence-corrected chi connectivity index (χ0v) is 10.5. The molecular formula is C11H17N3OS. The second-order valence-corrected chi connectivity index (χ2v) is 3.77. The first-order chi connectivity index (χ1) is 7.69. The van der Waals surface area contributed by atoms with Crippen molar-refractivity contribution < 1.29 is 0 Å². The molecule has 0 amide bonds. The lowest BCUT2D eigenvalue weighted by Crippen LogP contribution is -2.25. The van der Waals surface area contributed by atoms with E-state index >= 15 is 0 Å². The van der Waals surface area contributed by atoms with E-state index in [9.17, 15) is 4.79 Å². The molecule has 1 aromatic heterocycles. The summed E-state index contributed by atoms with van der Waals surface area (Å²) in [6.07, 6.45) is 5.48. The summed E-state index contributed by atoms with van der Waals surface area (Å²) in [5.74, 6) is 0.672. The van der Waals surface area contributed by atoms with Gasteiger partial charge in [-0.3, -0.25) is 4.79 Å². The molecule has 0 aliphatic carbocycles. The van der Waals surface area contributed by atoms with Gasteiger partial charge >= 0.3 is 0 Å². The minimum atomic E-state index is -0.0818. The second-order valence-electron chi connectivity index (χ2n) is 3.40. The highest BCUT2D eigenvalue weighted by atomic mass is 32.1. The summed E-state index contributed by atoms with van der Waals surface area (Å²) in [6.45, 7) is 3.38. The molecule has 5 heteroatoms. The zero-order valence-electron chi connectivity index (χ0n) is 9.63. The Labute approximate surface area is 101 Å². The van der Waals surface area contributed by atoms with Crippen molar-refractivity contribution in [3.05, 3.63) is 34.8 Å². The molecule has 0 spiro atoms. The van der Waals surface area contributed by atoms with E-state index in [0.717, 1.165) is 12.2 Å². The Kier molecular flexibility index (Phi) is 5.11. The smallest absolute Gasteiger partial charge is 0.269 e. The lowest BCUT2D eigenvalue weighted by Gasteiger charge is -2.15. The van der Waals surface area contributed by atoms with Gasteiger partial charge in [0, 0.05) is 25.4 Å². The fourth-order valence-corrected chi connectivity index (χ4v) is 1.35. The summed E-state index contributed by atoms with van der Waals surface area (Å²) >= 11 is 4.05. The summed E-state index contributed by atoms with van der Waals surface area (Å²) in [6, 6.07) is 1.60. The van der Waals surface area contributed by atoms with E-state index in [-0.39, 0.29) is 5.56 Å². The molecular weight excluding hydrogens is 222 g/mol. The standard InChI is InChI=1S/C11H17N3OS/c1-3-13(2)10-8-11(15)14(12-9-10)6-4-5-7-16/h4-5,8-9,16H,3,6-7H2,1-2H3/b5-4+. The Hall–Kier alpha value is -1.23. The third-order valence-corrected chi connectivity index (χ3v) is 2.53. The third kappa shape index (κ3) is 3.41. The van der Waals surface area contributed by atoms with E-state index in [1.54, 1.807) is 12.3 Å². The van der Waals surface area contributed by atoms with Gasteiger partial charge in [0.2, 0.25) is 0 Å². The largest absolute Gasteiger partial charge is 0.373 e. The molecule has 0 saturated heterocycles. The highest BCUT2D eigenvalue weighted by molar-refractivity contribution is 7.80. The first-order valence-electron chi connectivity index (χ1n) is 5.23. The molecule has 0 atom stereocenters. The van der Waals surface area contributed by atoms with Crippen LogP contribution in [0.1, 0.15) is 6.92 Å². The molecule has 88 valence electrons. The van der Waals surface area contributed by atoms with Crippen LogP contribution in [-0.4, -0.2) is 29.1 Å². The van der Waals surface area contributed by atoms with Crippen LogP contribution in [0.15, 0.2) is 29.2 Å². The van der Waals surface area contributed by atoms with Crippen LogP contribution in [-0.2, 0) is 6.54 Å². The van der Waals surface area contributed by atoms with Crippen molar-refractivity contribution >= 4 is 18.3 Å². The first-order valence-corrected chi connectivity index (χ1v) is 5.86. The molecule has 0 radical (unpaired) electrons. The fraction of sp³-hybridized carbons (Fsp3) is 0.455. The van der Waals surface area contributed by atoms with Crippen LogP contribution in [0.4, 0.5) is 5.69 Å². The number of anilines is 1. The SMILES string of the molecule is CCN(C)c1cnn(C/C=C/CS)c(=O)c1. The number of hydrogen-bond donors (Lipinski definition) is 1. The Morgan fingerprint density at radius 1 is 1.56 bits per heavy atom. The predicted octanol–water partition coefficient (Wildman–Crippen LogP) is 1.19. The van der Waals surface area contributed by atoms with Crippen LogP contribution >= 0.6 is 12.6 Å². The molecule has 1 heterocycles. The van der Waals surface area contributed by atoms with E-state index in [2.05, 4.69) is 17.7 Å². The van der Waals surface area contributed by atoms with Crippen LogP contribution in [0.25, 0.3) is 0 Å². The maximum Gasteiger partial charge on any atom is 0.269 e. The average molecular weight is 239 g/mol. The minimum Gasteiger partial charge on any atom is -0.373 e. The Morgan fingerprint density at radius 3 is 2.88 bits per heavy atom. The number of aromatic nitrogens is 2. The summed E-state index contributed by atoms with van der Waals surface area (Å²) < 4.78 is 1.42. The molecule has 1 aromatic rings. The van der Waals surface area contributed by atoms with Crippen molar-refractivity contribution in [3.63, 3.8) is 0 Å². The first kappa shape index (κ1) is 12.8. The minimum absolute atomic E-state index is 0.0818. The van der Waals surface area contributed by atoms with Crippen molar-refractivity contribution in [2.45, 2.75) is 13.5 Å². The number of thiol groups is 1. The summed E-state index contributed by atoms with van der Waals surface area (Å²) in [4.78, 5) is 13.6. The quantitative estimate of drug-likeness (QED) is 0.619. The molecule has 0 fully saturated rings. The summed E-state index contributed by atoms with van der Waals surface area (Å²) in [5.41, 5.74) is 0.767. The second kappa shape index (κ2) is 6.37. The lowest BCUT2D eigenvalue weighted by atomic mass is 10.4. The molecule has 0 aliphatic heterocycles. The molecule has 0 bridgehead atoms. The highest BCUT2D eigenvalue weighted by Gasteiger charge is 2.01. The number of nitrogens with zero attached hydrogens (tertiary/aromatic N) is 3. The Balaban J connectivity index is 2.83. The van der Waals surface area contributed by atoms with Gasteiger partial charge in [-0.2, -0.15) is 17.7 Å². The monoisotopic (exact) mass is 239 g/mol. The molecule has 0 aliphatic rings. The molecule has 4 nitrogen and oxygen atoms in total. The van der Waals surface area contributed by atoms with E-state index in [4.69, 9.17) is 0 Å². The van der Waals surface area contributed by atoms with Gasteiger partial charge in [0.15, 0.2) is 0 Å². The summed E-state index contributed by atoms with van der Waals surface area (Å²) in [5, 5.41) is 4.11. The maximum atomic E-state index is 11.7. The van der Waals surface area contributed by atoms with E-state index in [0.29, 0.717) is 12.3 Å². The van der Waals surface area contributed by atoms with E-state index < -0.39 is 0 Å². The lowest BCUT2D eigenvalue weighted by molar-refractivity contribution is 0.649. The van der Waals surface area contributed by atoms with Crippen molar-refractivity contribution in [1.82, 2.24) is 9.78 Å². The molecule has 0 N–H and O–H groups in total. The molecule has 0 saturated carbocycles. The predicted molar refractivity (Wildman–Crippen MR) is 70.4 cm³/mol. The molecule has 0 unspecified atom stereocenters. The Morgan fingerprint density at radius 2 is 2.31 bits per heavy atom. The van der Waals surface area contributed by atoms with Gasteiger partial charge < -0.3 is 4.90 Å². The average Bonchev–Trinajstić information content (AvgIpc) is 2.30. The Bertz CT molecular complexity index is 414. The van der Waals surface area contributed by atoms with Crippen LogP contribution in [0, 0.1) is 0 Å². The van der Waals surface area contributed by atoms with Gasteiger partial charge in [-0.15, -0.1) is 0 Å². The molecule has 1 rings (SSSR count). The van der Waals surface area contributed by atoms with Crippen LogP contribution in [0.3, 0.4) is 0 Å². The number of allylic oxidation sites excluding steroid dienone is 1. The van der Waals surface area contributed by atoms with Gasteiger partial charge in [-0.25, -0.2) is 4.68 Å². The van der Waals surface area contributed by atoms with Crippen LogP contribution < -0.4 is 10.5 Å². The maximum absolute atomic E-state index is 11.7. The van der Waals surface area contributed by atoms with Crippen molar-refractivity contribution in [1.29, 1.82) is 0 Å². The zero-order chi connectivity index (χ0) is 12.0. The van der Waals surface area contributed by atoms with Gasteiger partial charge in [0.1, 0.15) is 0 Å². The van der Waals surface area contributed by atoms with Crippen molar-refractivity contribution in [3.8, 4) is 0 Å². The van der Waals surface area contributed by atoms with E-state index in [1.807, 2.05) is 31.0 Å². The van der Waals surface area contributed by atoms with Gasteiger partial charge in [0.05, 0.1) is 18.4 Å². The van der Waals surface area contributed by atoms with Crippen molar-refractivity contribution in [2.24, 2.45) is 0 Å². The fourth-order valence-electron chi connectivity index (χ4n) is 1.20. The molecule has 0 aromatic carbocycles.